The molecule has 4 aliphatic rings. The third kappa shape index (κ3) is 3.49. The number of carbonyl (C=O) groups is 1. The highest BCUT2D eigenvalue weighted by atomic mass is 16.4. The van der Waals surface area contributed by atoms with Crippen LogP contribution in [0.25, 0.3) is 0 Å². The molecule has 31 heavy (non-hydrogen) atoms. The Morgan fingerprint density at radius 1 is 1.03 bits per heavy atom. The lowest BCUT2D eigenvalue weighted by atomic mass is 9.41. The van der Waals surface area contributed by atoms with Crippen LogP contribution < -0.4 is 0 Å². The summed E-state index contributed by atoms with van der Waals surface area (Å²) in [6.07, 6.45) is 6.78. The lowest BCUT2D eigenvalue weighted by Gasteiger charge is -2.65. The molecule has 4 rings (SSSR count). The van der Waals surface area contributed by atoms with Crippen LogP contribution >= 0.6 is 0 Å². The van der Waals surface area contributed by atoms with E-state index in [1.54, 1.807) is 6.92 Å². The lowest BCUT2D eigenvalue weighted by molar-refractivity contribution is -0.226. The molecule has 12 atom stereocenters. The van der Waals surface area contributed by atoms with Gasteiger partial charge in [0.2, 0.25) is 0 Å². The van der Waals surface area contributed by atoms with Gasteiger partial charge in [-0.3, -0.25) is 4.79 Å². The molecular formula is C26H44O5. The molecule has 4 aliphatic carbocycles. The first-order valence-corrected chi connectivity index (χ1v) is 12.8. The third-order valence-corrected chi connectivity index (χ3v) is 11.1. The van der Waals surface area contributed by atoms with Gasteiger partial charge >= 0.3 is 5.97 Å². The van der Waals surface area contributed by atoms with E-state index in [4.69, 9.17) is 0 Å². The highest BCUT2D eigenvalue weighted by Gasteiger charge is 2.66. The molecule has 4 fully saturated rings. The number of aliphatic hydroxyl groups excluding tert-OH is 3. The van der Waals surface area contributed by atoms with Crippen LogP contribution in [0.5, 0.6) is 0 Å². The van der Waals surface area contributed by atoms with Gasteiger partial charge in [-0.15, -0.1) is 0 Å². The van der Waals surface area contributed by atoms with Crippen molar-refractivity contribution in [1.82, 2.24) is 0 Å². The van der Waals surface area contributed by atoms with Crippen LogP contribution in [-0.4, -0.2) is 44.7 Å². The number of fused-ring (bicyclic) bond motifs is 5. The topological polar surface area (TPSA) is 98.0 Å². The molecular weight excluding hydrogens is 392 g/mol. The number of rotatable bonds is 5. The van der Waals surface area contributed by atoms with Gasteiger partial charge in [0.15, 0.2) is 0 Å². The quantitative estimate of drug-likeness (QED) is 0.520. The van der Waals surface area contributed by atoms with Gasteiger partial charge in [-0.2, -0.15) is 0 Å². The average molecular weight is 437 g/mol. The summed E-state index contributed by atoms with van der Waals surface area (Å²) in [5, 5.41) is 42.9. The lowest BCUT2D eigenvalue weighted by Crippen LogP contribution is -2.64. The second-order valence-corrected chi connectivity index (χ2v) is 12.1. The summed E-state index contributed by atoms with van der Waals surface area (Å²) >= 11 is 0. The monoisotopic (exact) mass is 436 g/mol. The van der Waals surface area contributed by atoms with Crippen LogP contribution in [0, 0.1) is 52.3 Å². The van der Waals surface area contributed by atoms with Crippen molar-refractivity contribution >= 4 is 5.97 Å². The Hall–Kier alpha value is -0.650. The molecule has 0 bridgehead atoms. The molecule has 0 aliphatic heterocycles. The number of aliphatic carboxylic acids is 1. The van der Waals surface area contributed by atoms with Crippen molar-refractivity contribution in [3.63, 3.8) is 0 Å². The van der Waals surface area contributed by atoms with E-state index in [1.807, 2.05) is 0 Å². The summed E-state index contributed by atoms with van der Waals surface area (Å²) in [7, 11) is 0. The van der Waals surface area contributed by atoms with Crippen molar-refractivity contribution in [2.24, 2.45) is 52.3 Å². The van der Waals surface area contributed by atoms with Crippen molar-refractivity contribution in [3.05, 3.63) is 0 Å². The minimum Gasteiger partial charge on any atom is -0.481 e. The molecule has 5 heteroatoms. The van der Waals surface area contributed by atoms with Crippen molar-refractivity contribution < 1.29 is 25.2 Å². The summed E-state index contributed by atoms with van der Waals surface area (Å²) in [5.41, 5.74) is -0.169. The van der Waals surface area contributed by atoms with Crippen LogP contribution in [-0.2, 0) is 4.79 Å². The Morgan fingerprint density at radius 3 is 2.39 bits per heavy atom. The van der Waals surface area contributed by atoms with Crippen LogP contribution in [0.3, 0.4) is 0 Å². The fraction of sp³-hybridized carbons (Fsp3) is 0.962. The number of carboxylic acid groups (broad SMARTS) is 1. The Kier molecular flexibility index (Phi) is 6.28. The summed E-state index contributed by atoms with van der Waals surface area (Å²) in [6, 6.07) is 0. The van der Waals surface area contributed by atoms with E-state index in [0.29, 0.717) is 30.1 Å². The molecule has 0 aromatic heterocycles. The summed E-state index contributed by atoms with van der Waals surface area (Å²) in [5.74, 6) is 0.560. The van der Waals surface area contributed by atoms with Gasteiger partial charge in [0.1, 0.15) is 0 Å². The number of carboxylic acids is 1. The first-order valence-electron chi connectivity index (χ1n) is 12.8. The first kappa shape index (κ1) is 23.5. The Labute approximate surface area is 187 Å². The predicted molar refractivity (Wildman–Crippen MR) is 119 cm³/mol. The maximum atomic E-state index is 11.7. The minimum atomic E-state index is -0.740. The average Bonchev–Trinajstić information content (AvgIpc) is 3.06. The molecule has 5 nitrogen and oxygen atoms in total. The van der Waals surface area contributed by atoms with Crippen molar-refractivity contribution in [3.8, 4) is 0 Å². The number of aliphatic hydroxyl groups is 3. The second kappa shape index (κ2) is 8.29. The van der Waals surface area contributed by atoms with Gasteiger partial charge in [-0.25, -0.2) is 0 Å². The molecule has 0 amide bonds. The van der Waals surface area contributed by atoms with Gasteiger partial charge < -0.3 is 20.4 Å². The van der Waals surface area contributed by atoms with E-state index < -0.39 is 12.1 Å². The zero-order chi connectivity index (χ0) is 22.7. The van der Waals surface area contributed by atoms with Gasteiger partial charge in [0.25, 0.3) is 0 Å². The Bertz CT molecular complexity index is 681. The molecule has 0 aromatic rings. The van der Waals surface area contributed by atoms with Crippen molar-refractivity contribution in [1.29, 1.82) is 0 Å². The molecule has 4 N–H and O–H groups in total. The molecule has 0 unspecified atom stereocenters. The largest absolute Gasteiger partial charge is 0.481 e. The van der Waals surface area contributed by atoms with E-state index >= 15 is 0 Å². The van der Waals surface area contributed by atoms with Gasteiger partial charge in [0, 0.05) is 0 Å². The maximum absolute atomic E-state index is 11.7. The normalized spacial score (nSPS) is 52.7. The fourth-order valence-corrected chi connectivity index (χ4v) is 9.10. The first-order chi connectivity index (χ1) is 14.6. The summed E-state index contributed by atoms with van der Waals surface area (Å²) in [4.78, 5) is 11.3. The van der Waals surface area contributed by atoms with E-state index in [1.165, 1.54) is 0 Å². The molecule has 0 saturated heterocycles. The molecule has 0 aromatic carbocycles. The second-order valence-electron chi connectivity index (χ2n) is 12.1. The summed E-state index contributed by atoms with van der Waals surface area (Å²) < 4.78 is 0. The van der Waals surface area contributed by atoms with E-state index in [-0.39, 0.29) is 40.8 Å². The van der Waals surface area contributed by atoms with Crippen LogP contribution in [0.1, 0.15) is 85.5 Å². The fourth-order valence-electron chi connectivity index (χ4n) is 9.10. The predicted octanol–water partition coefficient (Wildman–Crippen LogP) is 4.08. The Balaban J connectivity index is 1.63. The third-order valence-electron chi connectivity index (χ3n) is 11.1. The standard InChI is InChI=1S/C26H44O5/c1-5-17-19-12-16(27)10-11-25(19,3)20-13-21(28)26(4)15(7-6-14(2)24(30)31)8-9-18(26)22(20)23(17)29/h14-23,27-29H,5-13H2,1-4H3,(H,30,31)/t14-,15-,16+,17+,18-,19-,20-,21-,22-,23+,25-,26+/m0/s1. The van der Waals surface area contributed by atoms with Crippen LogP contribution in [0.15, 0.2) is 0 Å². The van der Waals surface area contributed by atoms with Crippen LogP contribution in [0.2, 0.25) is 0 Å². The molecule has 0 heterocycles. The van der Waals surface area contributed by atoms with Gasteiger partial charge in [0.05, 0.1) is 24.2 Å². The highest BCUT2D eigenvalue weighted by molar-refractivity contribution is 5.69. The molecule has 0 radical (unpaired) electrons. The molecule has 178 valence electrons. The van der Waals surface area contributed by atoms with Crippen LogP contribution in [0.4, 0.5) is 0 Å². The van der Waals surface area contributed by atoms with Crippen molar-refractivity contribution in [2.45, 2.75) is 104 Å². The summed E-state index contributed by atoms with van der Waals surface area (Å²) in [6.45, 7) is 8.57. The van der Waals surface area contributed by atoms with Crippen molar-refractivity contribution in [2.75, 3.05) is 0 Å². The zero-order valence-electron chi connectivity index (χ0n) is 19.8. The number of hydrogen-bond acceptors (Lipinski definition) is 4. The number of hydrogen-bond donors (Lipinski definition) is 4. The SMILES string of the molecule is CC[C@H]1[C@@H](O)[C@@H]2[C@H](C[C@H](O)[C@]3(C)[C@@H](CC[C@H](C)C(=O)O)CC[C@@H]23)[C@@]2(C)CC[C@@H](O)C[C@@H]12. The molecule has 4 saturated carbocycles. The highest BCUT2D eigenvalue weighted by Crippen LogP contribution is 2.69. The zero-order valence-corrected chi connectivity index (χ0v) is 19.8. The minimum absolute atomic E-state index is 0.0714. The van der Waals surface area contributed by atoms with Gasteiger partial charge in [-0.05, 0) is 97.7 Å². The van der Waals surface area contributed by atoms with E-state index in [2.05, 4.69) is 20.8 Å². The van der Waals surface area contributed by atoms with E-state index in [9.17, 15) is 25.2 Å². The molecule has 0 spiro atoms. The van der Waals surface area contributed by atoms with Gasteiger partial charge in [-0.1, -0.05) is 34.1 Å². The Morgan fingerprint density at radius 2 is 1.74 bits per heavy atom. The maximum Gasteiger partial charge on any atom is 0.306 e. The smallest absolute Gasteiger partial charge is 0.306 e. The van der Waals surface area contributed by atoms with E-state index in [0.717, 1.165) is 51.4 Å².